The second-order valence-electron chi connectivity index (χ2n) is 9.63. The Morgan fingerprint density at radius 1 is 1.07 bits per heavy atom. The molecule has 0 aromatic rings. The van der Waals surface area contributed by atoms with Gasteiger partial charge >= 0.3 is 11.9 Å². The van der Waals surface area contributed by atoms with Crippen LogP contribution in [0.5, 0.6) is 0 Å². The highest BCUT2D eigenvalue weighted by molar-refractivity contribution is 5.88. The molecule has 4 bridgehead atoms. The minimum atomic E-state index is -0.528. The van der Waals surface area contributed by atoms with E-state index in [-0.39, 0.29) is 18.2 Å². The van der Waals surface area contributed by atoms with Gasteiger partial charge in [-0.25, -0.2) is 9.59 Å². The van der Waals surface area contributed by atoms with E-state index < -0.39 is 5.97 Å². The molecule has 0 N–H and O–H groups in total. The third-order valence-electron chi connectivity index (χ3n) is 7.36. The van der Waals surface area contributed by atoms with Crippen molar-refractivity contribution in [1.82, 2.24) is 0 Å². The van der Waals surface area contributed by atoms with Crippen LogP contribution in [0.4, 0.5) is 0 Å². The van der Waals surface area contributed by atoms with Gasteiger partial charge in [-0.05, 0) is 75.0 Å². The van der Waals surface area contributed by atoms with Gasteiger partial charge in [-0.3, -0.25) is 0 Å². The molecule has 4 saturated carbocycles. The van der Waals surface area contributed by atoms with Crippen LogP contribution in [0.1, 0.15) is 72.6 Å². The highest BCUT2D eigenvalue weighted by Gasteiger charge is 2.62. The summed E-state index contributed by atoms with van der Waals surface area (Å²) in [6, 6.07) is 0. The summed E-state index contributed by atoms with van der Waals surface area (Å²) >= 11 is 0. The molecule has 1 unspecified atom stereocenters. The topological polar surface area (TPSA) is 52.6 Å². The maximum absolute atomic E-state index is 12.8. The van der Waals surface area contributed by atoms with Crippen LogP contribution in [0.3, 0.4) is 0 Å². The van der Waals surface area contributed by atoms with Crippen LogP contribution < -0.4 is 0 Å². The highest BCUT2D eigenvalue weighted by atomic mass is 16.6. The van der Waals surface area contributed by atoms with Gasteiger partial charge < -0.3 is 9.47 Å². The Morgan fingerprint density at radius 2 is 1.63 bits per heavy atom. The summed E-state index contributed by atoms with van der Waals surface area (Å²) in [6.07, 6.45) is 8.32. The second kappa shape index (κ2) is 7.97. The number of carbonyl (C=O) groups is 2. The monoisotopic (exact) mass is 376 g/mol. The van der Waals surface area contributed by atoms with E-state index in [1.54, 1.807) is 6.92 Å². The van der Waals surface area contributed by atoms with Crippen LogP contribution in [0, 0.1) is 35.5 Å². The van der Waals surface area contributed by atoms with Crippen molar-refractivity contribution in [3.8, 4) is 0 Å². The lowest BCUT2D eigenvalue weighted by Crippen LogP contribution is -2.64. The second-order valence-corrected chi connectivity index (χ2v) is 9.63. The lowest BCUT2D eigenvalue weighted by atomic mass is 9.46. The van der Waals surface area contributed by atoms with Crippen molar-refractivity contribution < 1.29 is 19.1 Å². The molecule has 0 amide bonds. The molecule has 0 aromatic carbocycles. The Kier molecular flexibility index (Phi) is 6.02. The first kappa shape index (κ1) is 20.4. The average molecular weight is 377 g/mol. The van der Waals surface area contributed by atoms with Gasteiger partial charge in [-0.1, -0.05) is 33.8 Å². The lowest BCUT2D eigenvalue weighted by Gasteiger charge is -2.63. The minimum absolute atomic E-state index is 0.304. The smallest absolute Gasteiger partial charge is 0.344 e. The molecule has 27 heavy (non-hydrogen) atoms. The predicted molar refractivity (Wildman–Crippen MR) is 105 cm³/mol. The summed E-state index contributed by atoms with van der Waals surface area (Å²) in [5.74, 6) is 2.48. The first-order chi connectivity index (χ1) is 12.8. The number of hydrogen-bond donors (Lipinski definition) is 0. The number of rotatable bonds is 8. The molecule has 0 spiro atoms. The number of ether oxygens (including phenoxy) is 2. The Bertz CT molecular complexity index is 563. The van der Waals surface area contributed by atoms with Crippen molar-refractivity contribution in [3.05, 3.63) is 12.2 Å². The summed E-state index contributed by atoms with van der Waals surface area (Å²) in [5.41, 5.74) is -0.0669. The summed E-state index contributed by atoms with van der Waals surface area (Å²) in [4.78, 5) is 24.4. The minimum Gasteiger partial charge on any atom is -0.456 e. The van der Waals surface area contributed by atoms with E-state index in [9.17, 15) is 9.59 Å². The molecule has 0 heterocycles. The largest absolute Gasteiger partial charge is 0.456 e. The molecular formula is C23H36O4. The fourth-order valence-electron chi connectivity index (χ4n) is 6.63. The summed E-state index contributed by atoms with van der Waals surface area (Å²) < 4.78 is 11.5. The van der Waals surface area contributed by atoms with Gasteiger partial charge in [-0.2, -0.15) is 0 Å². The van der Waals surface area contributed by atoms with E-state index in [4.69, 9.17) is 9.47 Å². The zero-order valence-electron chi connectivity index (χ0n) is 17.5. The molecule has 4 nitrogen and oxygen atoms in total. The Hall–Kier alpha value is -1.32. The van der Waals surface area contributed by atoms with E-state index in [1.165, 1.54) is 32.1 Å². The first-order valence-corrected chi connectivity index (χ1v) is 10.8. The summed E-state index contributed by atoms with van der Waals surface area (Å²) in [6.45, 7) is 11.6. The molecule has 4 aliphatic rings. The van der Waals surface area contributed by atoms with Crippen LogP contribution in [-0.2, 0) is 19.1 Å². The van der Waals surface area contributed by atoms with Gasteiger partial charge in [0.15, 0.2) is 6.61 Å². The fourth-order valence-corrected chi connectivity index (χ4v) is 6.63. The molecular weight excluding hydrogens is 340 g/mol. The van der Waals surface area contributed by atoms with E-state index in [2.05, 4.69) is 27.4 Å². The first-order valence-electron chi connectivity index (χ1n) is 10.8. The molecule has 0 radical (unpaired) electrons. The van der Waals surface area contributed by atoms with Crippen LogP contribution in [0.2, 0.25) is 0 Å². The van der Waals surface area contributed by atoms with Gasteiger partial charge in [0.05, 0.1) is 0 Å². The zero-order valence-corrected chi connectivity index (χ0v) is 17.5. The molecule has 152 valence electrons. The summed E-state index contributed by atoms with van der Waals surface area (Å²) in [7, 11) is 0. The maximum atomic E-state index is 12.8. The van der Waals surface area contributed by atoms with Gasteiger partial charge in [-0.15, -0.1) is 0 Å². The summed E-state index contributed by atoms with van der Waals surface area (Å²) in [5, 5.41) is 0. The molecule has 4 rings (SSSR count). The number of carbonyl (C=O) groups excluding carboxylic acids is 2. The molecule has 4 fully saturated rings. The van der Waals surface area contributed by atoms with Gasteiger partial charge in [0, 0.05) is 11.5 Å². The van der Waals surface area contributed by atoms with Crippen LogP contribution >= 0.6 is 0 Å². The molecule has 0 aromatic heterocycles. The van der Waals surface area contributed by atoms with Gasteiger partial charge in [0.2, 0.25) is 0 Å². The Labute approximate surface area is 164 Å². The Morgan fingerprint density at radius 3 is 2.07 bits per heavy atom. The molecule has 1 atom stereocenters. The quantitative estimate of drug-likeness (QED) is 0.446. The number of esters is 2. The van der Waals surface area contributed by atoms with Crippen molar-refractivity contribution in [1.29, 1.82) is 0 Å². The van der Waals surface area contributed by atoms with Gasteiger partial charge in [0.25, 0.3) is 0 Å². The third kappa shape index (κ3) is 3.82. The normalized spacial score (nSPS) is 35.1. The van der Waals surface area contributed by atoms with Crippen molar-refractivity contribution in [2.45, 2.75) is 78.2 Å². The van der Waals surface area contributed by atoms with Crippen LogP contribution in [0.25, 0.3) is 0 Å². The van der Waals surface area contributed by atoms with Crippen molar-refractivity contribution in [2.75, 3.05) is 6.61 Å². The van der Waals surface area contributed by atoms with Crippen LogP contribution in [0.15, 0.2) is 12.2 Å². The van der Waals surface area contributed by atoms with Crippen molar-refractivity contribution >= 4 is 11.9 Å². The van der Waals surface area contributed by atoms with Crippen LogP contribution in [-0.4, -0.2) is 24.1 Å². The SMILES string of the molecule is C=C(C)C(=O)OCC(=O)OC1(C(CCC)C(C)C)C2CC3CC(C2)CC1C3. The highest BCUT2D eigenvalue weighted by Crippen LogP contribution is 2.63. The molecule has 4 heteroatoms. The maximum Gasteiger partial charge on any atom is 0.344 e. The third-order valence-corrected chi connectivity index (χ3v) is 7.36. The van der Waals surface area contributed by atoms with Crippen molar-refractivity contribution in [2.24, 2.45) is 35.5 Å². The number of hydrogen-bond acceptors (Lipinski definition) is 4. The molecule has 0 saturated heterocycles. The van der Waals surface area contributed by atoms with Gasteiger partial charge in [0.1, 0.15) is 5.60 Å². The molecule has 0 aliphatic heterocycles. The zero-order chi connectivity index (χ0) is 19.8. The fraction of sp³-hybridized carbons (Fsp3) is 0.826. The predicted octanol–water partition coefficient (Wildman–Crippen LogP) is 4.92. The Balaban J connectivity index is 1.83. The standard InChI is InChI=1S/C23H36O4/c1-6-7-20(14(2)3)23(27-21(24)13-26-22(25)15(4)5)18-9-16-8-17(11-18)12-19(23)10-16/h14,16-20H,4,6-13H2,1-3,5H3. The lowest BCUT2D eigenvalue weighted by molar-refractivity contribution is -0.237. The molecule has 4 aliphatic carbocycles. The van der Waals surface area contributed by atoms with Crippen molar-refractivity contribution in [3.63, 3.8) is 0 Å². The van der Waals surface area contributed by atoms with E-state index in [0.717, 1.165) is 24.7 Å². The van der Waals surface area contributed by atoms with E-state index in [0.29, 0.717) is 29.2 Å². The average Bonchev–Trinajstić information content (AvgIpc) is 2.60. The van der Waals surface area contributed by atoms with E-state index in [1.807, 2.05) is 0 Å². The van der Waals surface area contributed by atoms with E-state index >= 15 is 0 Å².